The number of carbonyl (C=O) groups is 2. The number of benzene rings is 3. The fraction of sp³-hybridized carbons (Fsp3) is 0.286. The minimum absolute atomic E-state index is 0.0432. The molecule has 2 aliphatic rings. The van der Waals surface area contributed by atoms with Gasteiger partial charge in [0.2, 0.25) is 0 Å². The van der Waals surface area contributed by atoms with Gasteiger partial charge in [-0.15, -0.1) is 0 Å². The molecule has 0 radical (unpaired) electrons. The molecule has 7 heteroatoms. The largest absolute Gasteiger partial charge is 0.337 e. The van der Waals surface area contributed by atoms with Crippen molar-refractivity contribution in [2.75, 3.05) is 26.2 Å². The summed E-state index contributed by atoms with van der Waals surface area (Å²) >= 11 is 0. The number of hydrogen-bond acceptors (Lipinski definition) is 3. The highest BCUT2D eigenvalue weighted by atomic mass is 19.3. The molecule has 0 bridgehead atoms. The van der Waals surface area contributed by atoms with Crippen LogP contribution in [0.5, 0.6) is 0 Å². The molecule has 2 aliphatic heterocycles. The molecule has 0 spiro atoms. The van der Waals surface area contributed by atoms with Crippen LogP contribution in [0.1, 0.15) is 38.3 Å². The lowest BCUT2D eigenvalue weighted by molar-refractivity contribution is 0.0425. The third kappa shape index (κ3) is 4.82. The molecule has 1 unspecified atom stereocenters. The van der Waals surface area contributed by atoms with Crippen LogP contribution in [0.25, 0.3) is 0 Å². The lowest BCUT2D eigenvalue weighted by Crippen LogP contribution is -2.62. The average Bonchev–Trinajstić information content (AvgIpc) is 3.35. The molecule has 35 heavy (non-hydrogen) atoms. The zero-order chi connectivity index (χ0) is 24.4. The molecule has 1 atom stereocenters. The molecule has 2 fully saturated rings. The first kappa shape index (κ1) is 23.2. The van der Waals surface area contributed by atoms with Crippen molar-refractivity contribution in [1.82, 2.24) is 15.1 Å². The number of hydrogen-bond donors (Lipinski definition) is 1. The number of halogens is 2. The molecule has 0 saturated carbocycles. The molecule has 180 valence electrons. The van der Waals surface area contributed by atoms with Crippen molar-refractivity contribution < 1.29 is 18.4 Å². The van der Waals surface area contributed by atoms with Gasteiger partial charge >= 0.3 is 0 Å². The zero-order valence-corrected chi connectivity index (χ0v) is 19.2. The summed E-state index contributed by atoms with van der Waals surface area (Å²) in [6.45, 7) is 2.48. The second-order valence-electron chi connectivity index (χ2n) is 9.19. The van der Waals surface area contributed by atoms with E-state index in [9.17, 15) is 18.4 Å². The Hall–Kier alpha value is -3.58. The number of carbonyl (C=O) groups excluding carboxylic acids is 2. The van der Waals surface area contributed by atoms with E-state index in [1.807, 2.05) is 35.2 Å². The van der Waals surface area contributed by atoms with Crippen molar-refractivity contribution in [2.24, 2.45) is 0 Å². The van der Waals surface area contributed by atoms with E-state index in [4.69, 9.17) is 0 Å². The Bertz CT molecular complexity index is 1180. The van der Waals surface area contributed by atoms with Crippen LogP contribution in [0.15, 0.2) is 84.9 Å². The summed E-state index contributed by atoms with van der Waals surface area (Å²) < 4.78 is 29.5. The van der Waals surface area contributed by atoms with Gasteiger partial charge in [-0.05, 0) is 30.7 Å². The average molecular weight is 476 g/mol. The minimum Gasteiger partial charge on any atom is -0.337 e. The van der Waals surface area contributed by atoms with Crippen molar-refractivity contribution >= 4 is 11.8 Å². The van der Waals surface area contributed by atoms with Crippen molar-refractivity contribution in [1.29, 1.82) is 0 Å². The lowest BCUT2D eigenvalue weighted by Gasteiger charge is -2.41. The van der Waals surface area contributed by atoms with Gasteiger partial charge in [-0.3, -0.25) is 9.59 Å². The second kappa shape index (κ2) is 9.58. The van der Waals surface area contributed by atoms with Crippen LogP contribution in [0.3, 0.4) is 0 Å². The smallest absolute Gasteiger partial charge is 0.298 e. The third-order valence-corrected chi connectivity index (χ3v) is 6.77. The summed E-state index contributed by atoms with van der Waals surface area (Å²) in [5.74, 6) is -3.24. The summed E-state index contributed by atoms with van der Waals surface area (Å²) in [6, 6.07) is 22.9. The molecule has 0 aliphatic carbocycles. The summed E-state index contributed by atoms with van der Waals surface area (Å²) in [5, 5.41) is 3.55. The van der Waals surface area contributed by atoms with E-state index in [-0.39, 0.29) is 35.0 Å². The van der Waals surface area contributed by atoms with Crippen LogP contribution in [0.4, 0.5) is 8.78 Å². The van der Waals surface area contributed by atoms with Crippen molar-refractivity contribution in [3.63, 3.8) is 0 Å². The molecule has 1 N–H and O–H groups in total. The normalized spacial score (nSPS) is 18.4. The number of likely N-dealkylation sites (tertiary alicyclic amines) is 2. The van der Waals surface area contributed by atoms with Gasteiger partial charge in [0.15, 0.2) is 0 Å². The number of alkyl halides is 2. The Kier molecular flexibility index (Phi) is 6.34. The van der Waals surface area contributed by atoms with Gasteiger partial charge in [-0.1, -0.05) is 60.7 Å². The standard InChI is InChI=1S/C28H27F2N3O2/c29-28(30,22-9-5-2-6-10-22)23-13-11-21(12-14-23)27(35)33-18-25(19-33)31-24-15-16-32(17-24)26(34)20-7-3-1-4-8-20/h1-14,24-25,31H,15-19H2. The zero-order valence-electron chi connectivity index (χ0n) is 19.2. The molecule has 5 nitrogen and oxygen atoms in total. The number of rotatable bonds is 6. The van der Waals surface area contributed by atoms with Gasteiger partial charge in [0.1, 0.15) is 0 Å². The highest BCUT2D eigenvalue weighted by Gasteiger charge is 2.36. The maximum absolute atomic E-state index is 14.7. The van der Waals surface area contributed by atoms with Gasteiger partial charge in [-0.2, -0.15) is 8.78 Å². The quantitative estimate of drug-likeness (QED) is 0.583. The summed E-state index contributed by atoms with van der Waals surface area (Å²) in [4.78, 5) is 29.0. The van der Waals surface area contributed by atoms with E-state index in [0.717, 1.165) is 6.42 Å². The van der Waals surface area contributed by atoms with E-state index in [0.29, 0.717) is 37.3 Å². The number of amides is 2. The van der Waals surface area contributed by atoms with Gasteiger partial charge in [0.05, 0.1) is 0 Å². The molecular formula is C28H27F2N3O2. The fourth-order valence-electron chi connectivity index (χ4n) is 4.75. The van der Waals surface area contributed by atoms with Crippen LogP contribution in [-0.4, -0.2) is 59.9 Å². The van der Waals surface area contributed by atoms with Crippen LogP contribution in [0, 0.1) is 0 Å². The predicted octanol–water partition coefficient (Wildman–Crippen LogP) is 4.16. The third-order valence-electron chi connectivity index (χ3n) is 6.77. The molecule has 5 rings (SSSR count). The molecule has 2 heterocycles. The van der Waals surface area contributed by atoms with Gasteiger partial charge in [0, 0.05) is 60.5 Å². The van der Waals surface area contributed by atoms with Crippen LogP contribution < -0.4 is 5.32 Å². The van der Waals surface area contributed by atoms with Crippen LogP contribution >= 0.6 is 0 Å². The molecular weight excluding hydrogens is 448 g/mol. The Morgan fingerprint density at radius 2 is 1.20 bits per heavy atom. The van der Waals surface area contributed by atoms with Crippen LogP contribution in [0.2, 0.25) is 0 Å². The second-order valence-corrected chi connectivity index (χ2v) is 9.19. The first-order valence-corrected chi connectivity index (χ1v) is 11.9. The maximum atomic E-state index is 14.7. The lowest BCUT2D eigenvalue weighted by atomic mass is 9.98. The summed E-state index contributed by atoms with van der Waals surface area (Å²) in [5.41, 5.74) is 0.878. The van der Waals surface area contributed by atoms with Gasteiger partial charge in [-0.25, -0.2) is 0 Å². The van der Waals surface area contributed by atoms with E-state index >= 15 is 0 Å². The van der Waals surface area contributed by atoms with Gasteiger partial charge < -0.3 is 15.1 Å². The number of nitrogens with one attached hydrogen (secondary N) is 1. The van der Waals surface area contributed by atoms with Crippen LogP contribution in [-0.2, 0) is 5.92 Å². The number of nitrogens with zero attached hydrogens (tertiary/aromatic N) is 2. The molecule has 3 aromatic carbocycles. The molecule has 0 aromatic heterocycles. The Balaban J connectivity index is 1.12. The SMILES string of the molecule is O=C(c1ccccc1)N1CCC(NC2CN(C(=O)c3ccc(C(F)(F)c4ccccc4)cc3)C2)C1. The first-order chi connectivity index (χ1) is 16.9. The van der Waals surface area contributed by atoms with Crippen molar-refractivity contribution in [3.05, 3.63) is 107 Å². The molecule has 2 saturated heterocycles. The highest BCUT2D eigenvalue weighted by molar-refractivity contribution is 5.95. The van der Waals surface area contributed by atoms with E-state index in [1.165, 1.54) is 36.4 Å². The fourth-order valence-corrected chi connectivity index (χ4v) is 4.75. The highest BCUT2D eigenvalue weighted by Crippen LogP contribution is 2.35. The van der Waals surface area contributed by atoms with Crippen molar-refractivity contribution in [2.45, 2.75) is 24.4 Å². The Labute approximate surface area is 203 Å². The Morgan fingerprint density at radius 3 is 1.86 bits per heavy atom. The molecule has 3 aromatic rings. The van der Waals surface area contributed by atoms with E-state index in [1.54, 1.807) is 23.1 Å². The maximum Gasteiger partial charge on any atom is 0.298 e. The minimum atomic E-state index is -3.12. The monoisotopic (exact) mass is 475 g/mol. The Morgan fingerprint density at radius 1 is 0.686 bits per heavy atom. The van der Waals surface area contributed by atoms with Crippen molar-refractivity contribution in [3.8, 4) is 0 Å². The summed E-state index contributed by atoms with van der Waals surface area (Å²) in [7, 11) is 0. The first-order valence-electron chi connectivity index (χ1n) is 11.9. The predicted molar refractivity (Wildman–Crippen MR) is 129 cm³/mol. The topological polar surface area (TPSA) is 52.7 Å². The van der Waals surface area contributed by atoms with Gasteiger partial charge in [0.25, 0.3) is 17.7 Å². The summed E-state index contributed by atoms with van der Waals surface area (Å²) in [6.07, 6.45) is 0.875. The molecule has 2 amide bonds. The van der Waals surface area contributed by atoms with E-state index < -0.39 is 5.92 Å². The van der Waals surface area contributed by atoms with E-state index in [2.05, 4.69) is 5.32 Å².